The van der Waals surface area contributed by atoms with Gasteiger partial charge in [0.25, 0.3) is 0 Å². The normalized spacial score (nSPS) is 11.2. The lowest BCUT2D eigenvalue weighted by atomic mass is 9.99. The van der Waals surface area contributed by atoms with Crippen LogP contribution in [-0.4, -0.2) is 4.57 Å². The van der Waals surface area contributed by atoms with E-state index < -0.39 is 0 Å². The molecule has 1 nitrogen and oxygen atoms in total. The highest BCUT2D eigenvalue weighted by Crippen LogP contribution is 2.36. The van der Waals surface area contributed by atoms with E-state index in [-0.39, 0.29) is 0 Å². The van der Waals surface area contributed by atoms with Gasteiger partial charge in [0.2, 0.25) is 0 Å². The maximum atomic E-state index is 3.94. The van der Waals surface area contributed by atoms with Crippen molar-refractivity contribution in [2.45, 2.75) is 19.8 Å². The Balaban J connectivity index is 1.80. The van der Waals surface area contributed by atoms with E-state index in [2.05, 4.69) is 110 Å². The van der Waals surface area contributed by atoms with Gasteiger partial charge in [0.15, 0.2) is 0 Å². The van der Waals surface area contributed by atoms with Crippen LogP contribution in [0.2, 0.25) is 0 Å². The second kappa shape index (κ2) is 8.36. The molecule has 5 aromatic rings. The Morgan fingerprint density at radius 1 is 0.688 bits per heavy atom. The molecule has 0 N–H and O–H groups in total. The molecular weight excluding hydrogens is 386 g/mol. The summed E-state index contributed by atoms with van der Waals surface area (Å²) < 4.78 is 2.39. The molecule has 4 aromatic carbocycles. The smallest absolute Gasteiger partial charge is 0.0541 e. The number of aromatic nitrogens is 1. The molecule has 0 aliphatic carbocycles. The van der Waals surface area contributed by atoms with Crippen LogP contribution in [0.15, 0.2) is 110 Å². The van der Waals surface area contributed by atoms with Crippen molar-refractivity contribution in [2.75, 3.05) is 0 Å². The Bertz CT molecular complexity index is 1440. The molecule has 1 aromatic heterocycles. The van der Waals surface area contributed by atoms with Gasteiger partial charge >= 0.3 is 0 Å². The van der Waals surface area contributed by atoms with Crippen molar-refractivity contribution in [1.82, 2.24) is 4.57 Å². The molecule has 0 saturated carbocycles. The van der Waals surface area contributed by atoms with Crippen LogP contribution in [0.3, 0.4) is 0 Å². The van der Waals surface area contributed by atoms with Crippen molar-refractivity contribution >= 4 is 21.8 Å². The number of rotatable bonds is 6. The van der Waals surface area contributed by atoms with Gasteiger partial charge in [-0.15, -0.1) is 13.2 Å². The van der Waals surface area contributed by atoms with E-state index in [1.54, 1.807) is 0 Å². The fourth-order valence-corrected chi connectivity index (χ4v) is 4.76. The Morgan fingerprint density at radius 2 is 1.34 bits per heavy atom. The SMILES string of the molecule is C=CCc1cc(CC=C)cc(-n2c3ccccc3c3cc(-c4ccccc4C)ccc32)c1. The molecule has 156 valence electrons. The number of nitrogens with zero attached hydrogens (tertiary/aromatic N) is 1. The van der Waals surface area contributed by atoms with Crippen LogP contribution >= 0.6 is 0 Å². The van der Waals surface area contributed by atoms with Crippen LogP contribution in [0.4, 0.5) is 0 Å². The average Bonchev–Trinajstić information content (AvgIpc) is 3.13. The quantitative estimate of drug-likeness (QED) is 0.247. The van der Waals surface area contributed by atoms with Gasteiger partial charge in [-0.3, -0.25) is 0 Å². The molecule has 0 bridgehead atoms. The third-order valence-corrected chi connectivity index (χ3v) is 6.18. The molecule has 5 rings (SSSR count). The third kappa shape index (κ3) is 3.46. The van der Waals surface area contributed by atoms with Crippen molar-refractivity contribution in [2.24, 2.45) is 0 Å². The largest absolute Gasteiger partial charge is 0.309 e. The number of allylic oxidation sites excluding steroid dienone is 2. The first-order valence-electron chi connectivity index (χ1n) is 11.1. The first-order valence-corrected chi connectivity index (χ1v) is 11.1. The average molecular weight is 414 g/mol. The van der Waals surface area contributed by atoms with Gasteiger partial charge in [-0.05, 0) is 77.9 Å². The Hall–Kier alpha value is -3.84. The highest BCUT2D eigenvalue weighted by molar-refractivity contribution is 6.10. The van der Waals surface area contributed by atoms with E-state index in [9.17, 15) is 0 Å². The van der Waals surface area contributed by atoms with Gasteiger partial charge in [0, 0.05) is 16.5 Å². The first kappa shape index (κ1) is 20.1. The standard InChI is InChI=1S/C31H27N/c1-4-10-23-18-24(11-5-2)20-26(19-23)32-30-15-9-8-14-28(30)29-21-25(16-17-31(29)32)27-13-7-6-12-22(27)3/h4-9,12-21H,1-2,10-11H2,3H3. The summed E-state index contributed by atoms with van der Waals surface area (Å²) in [5, 5.41) is 2.55. The van der Waals surface area contributed by atoms with Crippen LogP contribution in [0.1, 0.15) is 16.7 Å². The van der Waals surface area contributed by atoms with Gasteiger partial charge in [-0.2, -0.15) is 0 Å². The van der Waals surface area contributed by atoms with Gasteiger partial charge in [0.05, 0.1) is 11.0 Å². The lowest BCUT2D eigenvalue weighted by Gasteiger charge is -2.12. The summed E-state index contributed by atoms with van der Waals surface area (Å²) in [5.41, 5.74) is 10.0. The maximum absolute atomic E-state index is 3.94. The Morgan fingerprint density at radius 3 is 2.06 bits per heavy atom. The number of fused-ring (bicyclic) bond motifs is 3. The van der Waals surface area contributed by atoms with Crippen molar-refractivity contribution in [3.63, 3.8) is 0 Å². The first-order chi connectivity index (χ1) is 15.7. The van der Waals surface area contributed by atoms with E-state index in [1.165, 1.54) is 55.3 Å². The molecule has 0 spiro atoms. The molecule has 1 heteroatoms. The van der Waals surface area contributed by atoms with Gasteiger partial charge in [-0.1, -0.05) is 66.7 Å². The molecule has 0 radical (unpaired) electrons. The zero-order chi connectivity index (χ0) is 22.1. The molecule has 1 heterocycles. The molecule has 0 atom stereocenters. The maximum Gasteiger partial charge on any atom is 0.0541 e. The van der Waals surface area contributed by atoms with Gasteiger partial charge in [0.1, 0.15) is 0 Å². The van der Waals surface area contributed by atoms with Crippen LogP contribution in [0.25, 0.3) is 38.6 Å². The van der Waals surface area contributed by atoms with E-state index >= 15 is 0 Å². The van der Waals surface area contributed by atoms with E-state index in [0.29, 0.717) is 0 Å². The minimum atomic E-state index is 0.854. The van der Waals surface area contributed by atoms with Crippen LogP contribution in [0, 0.1) is 6.92 Å². The fourth-order valence-electron chi connectivity index (χ4n) is 4.76. The number of hydrogen-bond acceptors (Lipinski definition) is 0. The summed E-state index contributed by atoms with van der Waals surface area (Å²) in [7, 11) is 0. The molecule has 0 aliphatic rings. The van der Waals surface area contributed by atoms with E-state index in [4.69, 9.17) is 0 Å². The molecule has 0 unspecified atom stereocenters. The van der Waals surface area contributed by atoms with Crippen molar-refractivity contribution in [1.29, 1.82) is 0 Å². The summed E-state index contributed by atoms with van der Waals surface area (Å²) in [6.45, 7) is 10.1. The van der Waals surface area contributed by atoms with Crippen molar-refractivity contribution in [3.8, 4) is 16.8 Å². The summed E-state index contributed by atoms with van der Waals surface area (Å²) in [6.07, 6.45) is 5.65. The minimum absolute atomic E-state index is 0.854. The third-order valence-electron chi connectivity index (χ3n) is 6.18. The minimum Gasteiger partial charge on any atom is -0.309 e. The summed E-state index contributed by atoms with van der Waals surface area (Å²) in [4.78, 5) is 0. The molecule has 0 fully saturated rings. The van der Waals surface area contributed by atoms with Gasteiger partial charge < -0.3 is 4.57 Å². The zero-order valence-corrected chi connectivity index (χ0v) is 18.5. The van der Waals surface area contributed by atoms with Crippen LogP contribution < -0.4 is 0 Å². The monoisotopic (exact) mass is 413 g/mol. The number of benzene rings is 4. The fraction of sp³-hybridized carbons (Fsp3) is 0.0968. The highest BCUT2D eigenvalue weighted by Gasteiger charge is 2.14. The van der Waals surface area contributed by atoms with Gasteiger partial charge in [-0.25, -0.2) is 0 Å². The zero-order valence-electron chi connectivity index (χ0n) is 18.5. The Kier molecular flexibility index (Phi) is 5.25. The molecular formula is C31H27N. The summed E-state index contributed by atoms with van der Waals surface area (Å²) >= 11 is 0. The number of hydrogen-bond donors (Lipinski definition) is 0. The predicted octanol–water partition coefficient (Wildman–Crippen LogP) is 8.22. The number of aryl methyl sites for hydroxylation is 1. The number of para-hydroxylation sites is 1. The van der Waals surface area contributed by atoms with Crippen LogP contribution in [0.5, 0.6) is 0 Å². The second-order valence-electron chi connectivity index (χ2n) is 8.39. The summed E-state index contributed by atoms with van der Waals surface area (Å²) in [5.74, 6) is 0. The molecule has 0 aliphatic heterocycles. The predicted molar refractivity (Wildman–Crippen MR) is 139 cm³/mol. The van der Waals surface area contributed by atoms with E-state index in [1.807, 2.05) is 12.2 Å². The molecule has 32 heavy (non-hydrogen) atoms. The second-order valence-corrected chi connectivity index (χ2v) is 8.39. The van der Waals surface area contributed by atoms with Crippen molar-refractivity contribution in [3.05, 3.63) is 127 Å². The van der Waals surface area contributed by atoms with Crippen LogP contribution in [-0.2, 0) is 12.8 Å². The van der Waals surface area contributed by atoms with E-state index in [0.717, 1.165) is 12.8 Å². The molecule has 0 amide bonds. The van der Waals surface area contributed by atoms with Crippen molar-refractivity contribution < 1.29 is 0 Å². The highest BCUT2D eigenvalue weighted by atomic mass is 15.0. The topological polar surface area (TPSA) is 4.93 Å². The summed E-state index contributed by atoms with van der Waals surface area (Å²) in [6, 6.07) is 31.0. The lowest BCUT2D eigenvalue weighted by Crippen LogP contribution is -1.98. The lowest BCUT2D eigenvalue weighted by molar-refractivity contribution is 1.12. The Labute approximate surface area is 190 Å². The molecule has 0 saturated heterocycles.